The average Bonchev–Trinajstić information content (AvgIpc) is 3.99. The van der Waals surface area contributed by atoms with Crippen LogP contribution in [0.3, 0.4) is 0 Å². The summed E-state index contributed by atoms with van der Waals surface area (Å²) in [7, 11) is 0. The summed E-state index contributed by atoms with van der Waals surface area (Å²) in [6, 6.07) is 70.4. The molecule has 9 aromatic carbocycles. The largest absolute Gasteiger partial charge is 0.456 e. The molecule has 0 N–H and O–H groups in total. The van der Waals surface area contributed by atoms with Gasteiger partial charge in [-0.1, -0.05) is 127 Å². The molecule has 4 aromatic heterocycles. The molecule has 0 bridgehead atoms. The van der Waals surface area contributed by atoms with E-state index in [1.54, 1.807) is 0 Å². The topological polar surface area (TPSA) is 61.7 Å². The standard InChI is InChI=1S/C55H33N5O/c1-2-16-37(17-3-1)59-46-24-9-6-19-39(46)42-22-13-26-49(52(42)59)60-47-25-10-7-20-40(47)44-32-35(28-30-48(44)60)53-56-54(36-29-31-51-45(33-36)41-21-8-11-27-50(41)61-51)58-55(57-53)43-23-12-15-34-14-4-5-18-38(34)43/h1-33H. The van der Waals surface area contributed by atoms with Gasteiger partial charge in [-0.15, -0.1) is 0 Å². The number of furan rings is 1. The summed E-state index contributed by atoms with van der Waals surface area (Å²) in [6.07, 6.45) is 0. The lowest BCUT2D eigenvalue weighted by atomic mass is 10.0. The molecule has 4 heterocycles. The Bertz CT molecular complexity index is 3890. The highest BCUT2D eigenvalue weighted by atomic mass is 16.3. The van der Waals surface area contributed by atoms with Crippen molar-refractivity contribution in [1.82, 2.24) is 24.1 Å². The Morgan fingerprint density at radius 2 is 0.902 bits per heavy atom. The zero-order valence-electron chi connectivity index (χ0n) is 32.7. The van der Waals surface area contributed by atoms with Gasteiger partial charge in [-0.05, 0) is 83.6 Å². The maximum Gasteiger partial charge on any atom is 0.164 e. The Labute approximate surface area is 349 Å². The van der Waals surface area contributed by atoms with Gasteiger partial charge in [-0.2, -0.15) is 0 Å². The van der Waals surface area contributed by atoms with E-state index in [9.17, 15) is 0 Å². The molecule has 6 nitrogen and oxygen atoms in total. The quantitative estimate of drug-likeness (QED) is 0.175. The minimum atomic E-state index is 0.600. The number of hydrogen-bond donors (Lipinski definition) is 0. The van der Waals surface area contributed by atoms with Crippen LogP contribution in [0.2, 0.25) is 0 Å². The second kappa shape index (κ2) is 13.1. The summed E-state index contributed by atoms with van der Waals surface area (Å²) in [6.45, 7) is 0. The van der Waals surface area contributed by atoms with Gasteiger partial charge in [0.1, 0.15) is 11.2 Å². The Morgan fingerprint density at radius 1 is 0.344 bits per heavy atom. The van der Waals surface area contributed by atoms with E-state index < -0.39 is 0 Å². The van der Waals surface area contributed by atoms with E-state index in [1.165, 1.54) is 16.3 Å². The van der Waals surface area contributed by atoms with E-state index in [0.29, 0.717) is 17.5 Å². The van der Waals surface area contributed by atoms with Gasteiger partial charge in [-0.25, -0.2) is 15.0 Å². The first kappa shape index (κ1) is 33.6. The summed E-state index contributed by atoms with van der Waals surface area (Å²) >= 11 is 0. The van der Waals surface area contributed by atoms with E-state index in [4.69, 9.17) is 19.4 Å². The molecular formula is C55H33N5O. The molecule has 0 aliphatic rings. The molecule has 6 heteroatoms. The lowest BCUT2D eigenvalue weighted by Crippen LogP contribution is -2.01. The smallest absolute Gasteiger partial charge is 0.164 e. The number of aromatic nitrogens is 5. The molecule has 13 aromatic rings. The van der Waals surface area contributed by atoms with Crippen molar-refractivity contribution in [2.24, 2.45) is 0 Å². The maximum absolute atomic E-state index is 6.20. The number of hydrogen-bond acceptors (Lipinski definition) is 4. The van der Waals surface area contributed by atoms with Gasteiger partial charge in [-0.3, -0.25) is 0 Å². The molecule has 0 aliphatic heterocycles. The third kappa shape index (κ3) is 5.12. The molecule has 0 saturated carbocycles. The lowest BCUT2D eigenvalue weighted by Gasteiger charge is -2.14. The zero-order valence-corrected chi connectivity index (χ0v) is 32.7. The SMILES string of the molecule is c1ccc(-n2c3ccccc3c3cccc(-n4c5ccccc5c5cc(-c6nc(-c7ccc8oc9ccccc9c8c7)nc(-c7cccc8ccccc78)n6)ccc54)c32)cc1. The maximum atomic E-state index is 6.20. The van der Waals surface area contributed by atoms with Crippen molar-refractivity contribution in [2.45, 2.75) is 0 Å². The number of fused-ring (bicyclic) bond motifs is 10. The monoisotopic (exact) mass is 779 g/mol. The normalized spacial score (nSPS) is 11.9. The highest BCUT2D eigenvalue weighted by molar-refractivity contribution is 6.15. The van der Waals surface area contributed by atoms with Crippen LogP contribution in [-0.4, -0.2) is 24.1 Å². The molecule has 0 aliphatic carbocycles. The number of rotatable bonds is 5. The molecule has 284 valence electrons. The van der Waals surface area contributed by atoms with Crippen LogP contribution >= 0.6 is 0 Å². The Balaban J connectivity index is 1.05. The molecule has 0 atom stereocenters. The van der Waals surface area contributed by atoms with Gasteiger partial charge in [0.15, 0.2) is 17.5 Å². The summed E-state index contributed by atoms with van der Waals surface area (Å²) in [4.78, 5) is 15.7. The molecule has 0 radical (unpaired) electrons. The van der Waals surface area contributed by atoms with Crippen molar-refractivity contribution in [1.29, 1.82) is 0 Å². The fourth-order valence-corrected chi connectivity index (χ4v) is 9.44. The van der Waals surface area contributed by atoms with Crippen molar-refractivity contribution in [3.8, 4) is 45.5 Å². The van der Waals surface area contributed by atoms with Crippen LogP contribution < -0.4 is 0 Å². The van der Waals surface area contributed by atoms with Crippen LogP contribution in [0, 0.1) is 0 Å². The van der Waals surface area contributed by atoms with Crippen molar-refractivity contribution < 1.29 is 4.42 Å². The van der Waals surface area contributed by atoms with Crippen LogP contribution in [0.5, 0.6) is 0 Å². The molecule has 0 amide bonds. The van der Waals surface area contributed by atoms with Gasteiger partial charge in [0.2, 0.25) is 0 Å². The highest BCUT2D eigenvalue weighted by Gasteiger charge is 2.22. The summed E-state index contributed by atoms with van der Waals surface area (Å²) < 4.78 is 11.0. The predicted molar refractivity (Wildman–Crippen MR) is 250 cm³/mol. The van der Waals surface area contributed by atoms with Crippen LogP contribution in [-0.2, 0) is 0 Å². The van der Waals surface area contributed by atoms with E-state index >= 15 is 0 Å². The number of para-hydroxylation sites is 5. The molecule has 0 saturated heterocycles. The fraction of sp³-hybridized carbons (Fsp3) is 0. The third-order valence-corrected chi connectivity index (χ3v) is 12.2. The Hall–Kier alpha value is -8.35. The fourth-order valence-electron chi connectivity index (χ4n) is 9.44. The van der Waals surface area contributed by atoms with Crippen molar-refractivity contribution in [3.63, 3.8) is 0 Å². The lowest BCUT2D eigenvalue weighted by molar-refractivity contribution is 0.669. The van der Waals surface area contributed by atoms with Gasteiger partial charge in [0.05, 0.1) is 27.8 Å². The van der Waals surface area contributed by atoms with Crippen LogP contribution in [0.15, 0.2) is 205 Å². The van der Waals surface area contributed by atoms with Crippen LogP contribution in [0.25, 0.3) is 122 Å². The molecule has 0 fully saturated rings. The third-order valence-electron chi connectivity index (χ3n) is 12.2. The summed E-state index contributed by atoms with van der Waals surface area (Å²) in [5.41, 5.74) is 11.2. The summed E-state index contributed by atoms with van der Waals surface area (Å²) in [5, 5.41) is 9.00. The minimum absolute atomic E-state index is 0.600. The second-order valence-electron chi connectivity index (χ2n) is 15.6. The van der Waals surface area contributed by atoms with E-state index in [1.807, 2.05) is 30.3 Å². The average molecular weight is 780 g/mol. The second-order valence-corrected chi connectivity index (χ2v) is 15.6. The zero-order chi connectivity index (χ0) is 40.0. The van der Waals surface area contributed by atoms with Crippen molar-refractivity contribution in [3.05, 3.63) is 200 Å². The predicted octanol–water partition coefficient (Wildman–Crippen LogP) is 14.1. The van der Waals surface area contributed by atoms with Crippen molar-refractivity contribution >= 4 is 76.3 Å². The highest BCUT2D eigenvalue weighted by Crippen LogP contribution is 2.41. The Morgan fingerprint density at radius 3 is 1.72 bits per heavy atom. The molecule has 0 unspecified atom stereocenters. The van der Waals surface area contributed by atoms with Gasteiger partial charge < -0.3 is 13.6 Å². The summed E-state index contributed by atoms with van der Waals surface area (Å²) in [5.74, 6) is 1.83. The molecule has 13 rings (SSSR count). The molecule has 61 heavy (non-hydrogen) atoms. The molecule has 0 spiro atoms. The number of benzene rings is 9. The van der Waals surface area contributed by atoms with Crippen LogP contribution in [0.1, 0.15) is 0 Å². The van der Waals surface area contributed by atoms with Gasteiger partial charge >= 0.3 is 0 Å². The van der Waals surface area contributed by atoms with Gasteiger partial charge in [0, 0.05) is 54.7 Å². The van der Waals surface area contributed by atoms with Gasteiger partial charge in [0.25, 0.3) is 0 Å². The first-order valence-electron chi connectivity index (χ1n) is 20.5. The van der Waals surface area contributed by atoms with E-state index in [-0.39, 0.29) is 0 Å². The first-order valence-corrected chi connectivity index (χ1v) is 20.5. The number of nitrogens with zero attached hydrogens (tertiary/aromatic N) is 5. The van der Waals surface area contributed by atoms with E-state index in [0.717, 1.165) is 88.1 Å². The first-order chi connectivity index (χ1) is 30.2. The van der Waals surface area contributed by atoms with Crippen LogP contribution in [0.4, 0.5) is 0 Å². The van der Waals surface area contributed by atoms with E-state index in [2.05, 4.69) is 179 Å². The minimum Gasteiger partial charge on any atom is -0.456 e. The van der Waals surface area contributed by atoms with Crippen molar-refractivity contribution in [2.75, 3.05) is 0 Å². The Kier molecular flexibility index (Phi) is 7.21. The molecular weight excluding hydrogens is 747 g/mol.